The summed E-state index contributed by atoms with van der Waals surface area (Å²) >= 11 is 1.41. The molecule has 0 aromatic heterocycles. The number of rotatable bonds is 8. The van der Waals surface area contributed by atoms with Crippen LogP contribution >= 0.6 is 11.8 Å². The van der Waals surface area contributed by atoms with Crippen LogP contribution in [-0.4, -0.2) is 22.5 Å². The predicted octanol–water partition coefficient (Wildman–Crippen LogP) is 7.42. The van der Waals surface area contributed by atoms with Crippen LogP contribution < -0.4 is 4.74 Å². The van der Waals surface area contributed by atoms with Crippen LogP contribution in [0.15, 0.2) is 119 Å². The van der Waals surface area contributed by atoms with Crippen LogP contribution in [0.5, 0.6) is 5.75 Å². The van der Waals surface area contributed by atoms with E-state index in [1.807, 2.05) is 103 Å². The number of ether oxygens (including phenoxy) is 1. The highest BCUT2D eigenvalue weighted by Crippen LogP contribution is 2.36. The third kappa shape index (κ3) is 6.38. The van der Waals surface area contributed by atoms with Crippen LogP contribution in [0.3, 0.4) is 0 Å². The fraction of sp³-hybridized carbons (Fsp3) is 0.125. The summed E-state index contributed by atoms with van der Waals surface area (Å²) in [7, 11) is 0. The van der Waals surface area contributed by atoms with Crippen molar-refractivity contribution in [1.29, 1.82) is 0 Å². The molecule has 4 aromatic carbocycles. The number of hydrogen-bond acceptors (Lipinski definition) is 4. The Bertz CT molecular complexity index is 1410. The van der Waals surface area contributed by atoms with Gasteiger partial charge in [-0.3, -0.25) is 9.69 Å². The molecule has 1 aliphatic rings. The lowest BCUT2D eigenvalue weighted by molar-refractivity contribution is -0.122. The lowest BCUT2D eigenvalue weighted by Gasteiger charge is -2.15. The fourth-order valence-corrected chi connectivity index (χ4v) is 5.03. The van der Waals surface area contributed by atoms with Crippen molar-refractivity contribution < 1.29 is 9.53 Å². The van der Waals surface area contributed by atoms with Gasteiger partial charge in [0, 0.05) is 12.1 Å². The summed E-state index contributed by atoms with van der Waals surface area (Å²) < 4.78 is 6.13. The molecule has 5 rings (SSSR count). The van der Waals surface area contributed by atoms with E-state index in [1.165, 1.54) is 22.9 Å². The second-order valence-corrected chi connectivity index (χ2v) is 9.85. The van der Waals surface area contributed by atoms with E-state index in [-0.39, 0.29) is 5.91 Å². The zero-order valence-electron chi connectivity index (χ0n) is 20.7. The topological polar surface area (TPSA) is 41.9 Å². The molecule has 4 aromatic rings. The number of nitrogens with zero attached hydrogens (tertiary/aromatic N) is 2. The van der Waals surface area contributed by atoms with Gasteiger partial charge in [-0.25, -0.2) is 4.99 Å². The van der Waals surface area contributed by atoms with Gasteiger partial charge in [0.2, 0.25) is 0 Å². The number of carbonyl (C=O) groups is 1. The summed E-state index contributed by atoms with van der Waals surface area (Å²) in [5.41, 5.74) is 5.16. The van der Waals surface area contributed by atoms with Crippen LogP contribution in [0.25, 0.3) is 6.08 Å². The molecule has 1 fully saturated rings. The predicted molar refractivity (Wildman–Crippen MR) is 153 cm³/mol. The minimum absolute atomic E-state index is 0.0374. The number of carbonyl (C=O) groups excluding carboxylic acids is 1. The minimum Gasteiger partial charge on any atom is -0.488 e. The van der Waals surface area contributed by atoms with E-state index in [9.17, 15) is 4.79 Å². The average molecular weight is 505 g/mol. The Morgan fingerprint density at radius 1 is 0.811 bits per heavy atom. The third-order valence-corrected chi connectivity index (χ3v) is 7.06. The first-order valence-electron chi connectivity index (χ1n) is 12.3. The molecule has 0 saturated carbocycles. The smallest absolute Gasteiger partial charge is 0.266 e. The SMILES string of the molecule is Cc1ccc(N=C2S/C(=C/c3ccccc3OCc3ccccc3)C(=O)N2CCc2ccccc2)cc1. The van der Waals surface area contributed by atoms with Crippen molar-refractivity contribution in [1.82, 2.24) is 4.90 Å². The van der Waals surface area contributed by atoms with Crippen LogP contribution in [-0.2, 0) is 17.8 Å². The van der Waals surface area contributed by atoms with Crippen LogP contribution in [0.4, 0.5) is 5.69 Å². The van der Waals surface area contributed by atoms with Gasteiger partial charge in [0.25, 0.3) is 5.91 Å². The molecule has 184 valence electrons. The van der Waals surface area contributed by atoms with E-state index in [0.29, 0.717) is 23.2 Å². The number of amides is 1. The maximum absolute atomic E-state index is 13.6. The summed E-state index contributed by atoms with van der Waals surface area (Å²) in [5.74, 6) is 0.705. The van der Waals surface area contributed by atoms with Crippen molar-refractivity contribution in [3.63, 3.8) is 0 Å². The molecule has 1 heterocycles. The molecule has 0 bridgehead atoms. The highest BCUT2D eigenvalue weighted by Gasteiger charge is 2.33. The maximum atomic E-state index is 13.6. The average Bonchev–Trinajstić information content (AvgIpc) is 3.22. The molecule has 37 heavy (non-hydrogen) atoms. The summed E-state index contributed by atoms with van der Waals surface area (Å²) in [6.45, 7) is 3.07. The molecular formula is C32H28N2O2S. The Balaban J connectivity index is 1.41. The molecule has 0 unspecified atom stereocenters. The van der Waals surface area contributed by atoms with Crippen LogP contribution in [0, 0.1) is 6.92 Å². The van der Waals surface area contributed by atoms with E-state index in [4.69, 9.17) is 9.73 Å². The first kappa shape index (κ1) is 24.6. The van der Waals surface area contributed by atoms with Gasteiger partial charge >= 0.3 is 0 Å². The fourth-order valence-electron chi connectivity index (χ4n) is 4.01. The van der Waals surface area contributed by atoms with Gasteiger partial charge < -0.3 is 4.74 Å². The Morgan fingerprint density at radius 2 is 1.46 bits per heavy atom. The molecular weight excluding hydrogens is 476 g/mol. The molecule has 5 heteroatoms. The number of hydrogen-bond donors (Lipinski definition) is 0. The quantitative estimate of drug-likeness (QED) is 0.235. The Morgan fingerprint density at radius 3 is 2.19 bits per heavy atom. The second-order valence-electron chi connectivity index (χ2n) is 8.85. The Kier molecular flexibility index (Phi) is 7.82. The highest BCUT2D eigenvalue weighted by molar-refractivity contribution is 8.18. The summed E-state index contributed by atoms with van der Waals surface area (Å²) in [6.07, 6.45) is 2.67. The van der Waals surface area contributed by atoms with Crippen molar-refractivity contribution in [3.8, 4) is 5.75 Å². The van der Waals surface area contributed by atoms with Crippen molar-refractivity contribution in [2.24, 2.45) is 4.99 Å². The van der Waals surface area contributed by atoms with E-state index < -0.39 is 0 Å². The molecule has 0 radical (unpaired) electrons. The molecule has 4 nitrogen and oxygen atoms in total. The summed E-state index contributed by atoms with van der Waals surface area (Å²) in [4.78, 5) is 20.9. The van der Waals surface area contributed by atoms with Gasteiger partial charge in [0.05, 0.1) is 10.6 Å². The van der Waals surface area contributed by atoms with Gasteiger partial charge in [-0.05, 0) is 60.5 Å². The molecule has 1 aliphatic heterocycles. The van der Waals surface area contributed by atoms with Crippen molar-refractivity contribution in [2.75, 3.05) is 6.54 Å². The van der Waals surface area contributed by atoms with Crippen LogP contribution in [0.2, 0.25) is 0 Å². The Hall–Kier alpha value is -4.09. The van der Waals surface area contributed by atoms with E-state index in [0.717, 1.165) is 29.0 Å². The number of amidine groups is 1. The first-order chi connectivity index (χ1) is 18.2. The maximum Gasteiger partial charge on any atom is 0.266 e. The Labute approximate surface area is 222 Å². The monoisotopic (exact) mass is 504 g/mol. The van der Waals surface area contributed by atoms with E-state index in [2.05, 4.69) is 19.1 Å². The molecule has 1 amide bonds. The van der Waals surface area contributed by atoms with Gasteiger partial charge in [0.15, 0.2) is 5.17 Å². The number of benzene rings is 4. The van der Waals surface area contributed by atoms with Crippen molar-refractivity contribution in [3.05, 3.63) is 136 Å². The van der Waals surface area contributed by atoms with Crippen molar-refractivity contribution >= 4 is 34.6 Å². The highest BCUT2D eigenvalue weighted by atomic mass is 32.2. The van der Waals surface area contributed by atoms with Crippen LogP contribution in [0.1, 0.15) is 22.3 Å². The van der Waals surface area contributed by atoms with Gasteiger partial charge in [-0.1, -0.05) is 96.6 Å². The number of aliphatic imine (C=N–C) groups is 1. The zero-order chi connectivity index (χ0) is 25.5. The van der Waals surface area contributed by atoms with Crippen molar-refractivity contribution in [2.45, 2.75) is 20.0 Å². The van der Waals surface area contributed by atoms with E-state index >= 15 is 0 Å². The second kappa shape index (κ2) is 11.8. The lowest BCUT2D eigenvalue weighted by Crippen LogP contribution is -2.31. The van der Waals surface area contributed by atoms with Gasteiger partial charge in [0.1, 0.15) is 12.4 Å². The number of aryl methyl sites for hydroxylation is 1. The minimum atomic E-state index is -0.0374. The lowest BCUT2D eigenvalue weighted by atomic mass is 10.1. The first-order valence-corrected chi connectivity index (χ1v) is 13.1. The molecule has 1 saturated heterocycles. The summed E-state index contributed by atoms with van der Waals surface area (Å²) in [6, 6.07) is 36.1. The molecule has 0 atom stereocenters. The largest absolute Gasteiger partial charge is 0.488 e. The normalized spacial score (nSPS) is 15.5. The molecule has 0 spiro atoms. The zero-order valence-corrected chi connectivity index (χ0v) is 21.5. The van der Waals surface area contributed by atoms with Gasteiger partial charge in [-0.2, -0.15) is 0 Å². The number of para-hydroxylation sites is 1. The third-order valence-electron chi connectivity index (χ3n) is 6.06. The molecule has 0 aliphatic carbocycles. The molecule has 0 N–H and O–H groups in total. The standard InChI is InChI=1S/C32H28N2O2S/c1-24-16-18-28(19-17-24)33-32-34(21-20-25-10-4-2-5-11-25)31(35)30(37-32)22-27-14-8-9-15-29(27)36-23-26-12-6-3-7-13-26/h2-19,22H,20-21,23H2,1H3/b30-22+,33-32?. The van der Waals surface area contributed by atoms with E-state index in [1.54, 1.807) is 4.90 Å². The summed E-state index contributed by atoms with van der Waals surface area (Å²) in [5, 5.41) is 0.693. The number of thioether (sulfide) groups is 1. The van der Waals surface area contributed by atoms with Gasteiger partial charge in [-0.15, -0.1) is 0 Å².